The molecule has 1 N–H and O–H groups in total. The molecule has 32 heavy (non-hydrogen) atoms. The van der Waals surface area contributed by atoms with Crippen molar-refractivity contribution >= 4 is 16.8 Å². The number of hydrogen-bond acceptors (Lipinski definition) is 3. The van der Waals surface area contributed by atoms with Crippen LogP contribution in [0.1, 0.15) is 40.4 Å². The van der Waals surface area contributed by atoms with Gasteiger partial charge in [0.15, 0.2) is 0 Å². The third-order valence-corrected chi connectivity index (χ3v) is 6.55. The summed E-state index contributed by atoms with van der Waals surface area (Å²) in [6.45, 7) is 3.31. The molecule has 2 aromatic carbocycles. The minimum Gasteiger partial charge on any atom is -0.350 e. The van der Waals surface area contributed by atoms with Crippen LogP contribution in [0.3, 0.4) is 0 Å². The zero-order chi connectivity index (χ0) is 22.2. The average Bonchev–Trinajstić information content (AvgIpc) is 3.31. The molecule has 1 saturated heterocycles. The van der Waals surface area contributed by atoms with Gasteiger partial charge in [-0.05, 0) is 43.0 Å². The van der Waals surface area contributed by atoms with Crippen molar-refractivity contribution in [3.63, 3.8) is 0 Å². The number of aromatic amines is 1. The maximum atomic E-state index is 13.4. The summed E-state index contributed by atoms with van der Waals surface area (Å²) in [5.41, 5.74) is 5.35. The van der Waals surface area contributed by atoms with Crippen molar-refractivity contribution in [3.8, 4) is 11.1 Å². The number of carbonyl (C=O) groups excluding carboxylic acids is 1. The van der Waals surface area contributed by atoms with Crippen molar-refractivity contribution in [2.75, 3.05) is 13.1 Å². The fourth-order valence-corrected chi connectivity index (χ4v) is 4.86. The molecule has 1 amide bonds. The van der Waals surface area contributed by atoms with Crippen LogP contribution >= 0.6 is 0 Å². The molecule has 6 heteroatoms. The Morgan fingerprint density at radius 1 is 1.09 bits per heavy atom. The van der Waals surface area contributed by atoms with Gasteiger partial charge in [0.05, 0.1) is 11.7 Å². The van der Waals surface area contributed by atoms with E-state index in [1.165, 1.54) is 5.56 Å². The number of nitrogens with zero attached hydrogens (tertiary/aromatic N) is 3. The predicted molar refractivity (Wildman–Crippen MR) is 126 cm³/mol. The second-order valence-electron chi connectivity index (χ2n) is 8.60. The molecule has 2 aromatic heterocycles. The molecule has 3 heterocycles. The lowest BCUT2D eigenvalue weighted by Gasteiger charge is -2.33. The molecule has 0 spiro atoms. The van der Waals surface area contributed by atoms with Crippen molar-refractivity contribution < 1.29 is 4.79 Å². The number of rotatable bonds is 3. The number of aromatic nitrogens is 3. The van der Waals surface area contributed by atoms with E-state index in [9.17, 15) is 9.59 Å². The van der Waals surface area contributed by atoms with E-state index in [2.05, 4.69) is 29.3 Å². The highest BCUT2D eigenvalue weighted by Gasteiger charge is 2.30. The first-order valence-electron chi connectivity index (χ1n) is 11.0. The van der Waals surface area contributed by atoms with Crippen molar-refractivity contribution in [2.24, 2.45) is 7.05 Å². The van der Waals surface area contributed by atoms with Gasteiger partial charge in [-0.3, -0.25) is 14.7 Å². The van der Waals surface area contributed by atoms with Crippen LogP contribution < -0.4 is 5.43 Å². The molecular formula is C26H26N4O2. The predicted octanol–water partition coefficient (Wildman–Crippen LogP) is 4.26. The van der Waals surface area contributed by atoms with Crippen LogP contribution in [0.25, 0.3) is 22.0 Å². The maximum Gasteiger partial charge on any atom is 0.259 e. The Morgan fingerprint density at radius 3 is 2.72 bits per heavy atom. The summed E-state index contributed by atoms with van der Waals surface area (Å²) < 4.78 is 1.86. The van der Waals surface area contributed by atoms with E-state index in [0.29, 0.717) is 18.5 Å². The smallest absolute Gasteiger partial charge is 0.259 e. The quantitative estimate of drug-likeness (QED) is 0.532. The molecule has 0 unspecified atom stereocenters. The first kappa shape index (κ1) is 20.2. The van der Waals surface area contributed by atoms with Gasteiger partial charge in [-0.1, -0.05) is 36.4 Å². The van der Waals surface area contributed by atoms with Crippen LogP contribution in [0.2, 0.25) is 0 Å². The molecular weight excluding hydrogens is 400 g/mol. The summed E-state index contributed by atoms with van der Waals surface area (Å²) in [7, 11) is 1.87. The molecule has 1 fully saturated rings. The monoisotopic (exact) mass is 426 g/mol. The van der Waals surface area contributed by atoms with Crippen LogP contribution in [0.5, 0.6) is 0 Å². The summed E-state index contributed by atoms with van der Waals surface area (Å²) in [6, 6.07) is 15.7. The minimum atomic E-state index is -0.201. The van der Waals surface area contributed by atoms with Crippen LogP contribution in [0.15, 0.2) is 65.7 Å². The summed E-state index contributed by atoms with van der Waals surface area (Å²) in [5, 5.41) is 8.09. The van der Waals surface area contributed by atoms with Gasteiger partial charge in [0.25, 0.3) is 5.91 Å². The van der Waals surface area contributed by atoms with Crippen molar-refractivity contribution in [2.45, 2.75) is 25.7 Å². The Morgan fingerprint density at radius 2 is 1.88 bits per heavy atom. The van der Waals surface area contributed by atoms with Gasteiger partial charge >= 0.3 is 0 Å². The molecule has 6 nitrogen and oxygen atoms in total. The van der Waals surface area contributed by atoms with Gasteiger partial charge < -0.3 is 9.47 Å². The minimum absolute atomic E-state index is 0.147. The van der Waals surface area contributed by atoms with E-state index >= 15 is 0 Å². The maximum absolute atomic E-state index is 13.4. The highest BCUT2D eigenvalue weighted by atomic mass is 16.2. The zero-order valence-electron chi connectivity index (χ0n) is 18.3. The Labute approximate surface area is 186 Å². The van der Waals surface area contributed by atoms with Crippen LogP contribution in [-0.4, -0.2) is 38.7 Å². The van der Waals surface area contributed by atoms with E-state index < -0.39 is 0 Å². The van der Waals surface area contributed by atoms with Crippen LogP contribution in [0.4, 0.5) is 0 Å². The molecule has 0 aliphatic carbocycles. The van der Waals surface area contributed by atoms with Gasteiger partial charge in [0.1, 0.15) is 5.56 Å². The first-order chi connectivity index (χ1) is 15.5. The Balaban J connectivity index is 1.46. The zero-order valence-corrected chi connectivity index (χ0v) is 18.3. The van der Waals surface area contributed by atoms with E-state index in [-0.39, 0.29) is 22.8 Å². The SMILES string of the molecule is Cc1ccccc1-c1cn[nH]c1[C@@H]1CCCN(C(=O)c2cn(C)c3ccccc3c2=O)C1. The molecule has 0 bridgehead atoms. The van der Waals surface area contributed by atoms with Crippen molar-refractivity contribution in [1.82, 2.24) is 19.7 Å². The fraction of sp³-hybridized carbons (Fsp3) is 0.269. The average molecular weight is 427 g/mol. The van der Waals surface area contributed by atoms with Gasteiger partial charge in [0.2, 0.25) is 5.43 Å². The molecule has 0 saturated carbocycles. The Kier molecular flexibility index (Phi) is 5.13. The van der Waals surface area contributed by atoms with E-state index in [1.54, 1.807) is 12.3 Å². The third kappa shape index (κ3) is 3.42. The molecule has 1 atom stereocenters. The Hall–Kier alpha value is -3.67. The molecule has 5 rings (SSSR count). The van der Waals surface area contributed by atoms with E-state index in [1.807, 2.05) is 53.0 Å². The number of hydrogen-bond donors (Lipinski definition) is 1. The number of benzene rings is 2. The highest BCUT2D eigenvalue weighted by molar-refractivity contribution is 5.97. The van der Waals surface area contributed by atoms with Crippen molar-refractivity contribution in [3.05, 3.63) is 88.0 Å². The number of amides is 1. The number of fused-ring (bicyclic) bond motifs is 1. The number of pyridine rings is 1. The van der Waals surface area contributed by atoms with E-state index in [0.717, 1.165) is 35.2 Å². The molecule has 1 aliphatic rings. The van der Waals surface area contributed by atoms with Gasteiger partial charge in [0, 0.05) is 48.9 Å². The number of aryl methyl sites for hydroxylation is 2. The molecule has 1 aliphatic heterocycles. The lowest BCUT2D eigenvalue weighted by atomic mass is 9.89. The second kappa shape index (κ2) is 8.11. The molecule has 0 radical (unpaired) electrons. The number of piperidine rings is 1. The third-order valence-electron chi connectivity index (χ3n) is 6.55. The lowest BCUT2D eigenvalue weighted by molar-refractivity contribution is 0.0704. The number of likely N-dealkylation sites (tertiary alicyclic amines) is 1. The Bertz CT molecular complexity index is 1370. The highest BCUT2D eigenvalue weighted by Crippen LogP contribution is 2.34. The molecule has 162 valence electrons. The normalized spacial score (nSPS) is 16.4. The van der Waals surface area contributed by atoms with E-state index in [4.69, 9.17) is 0 Å². The topological polar surface area (TPSA) is 71.0 Å². The second-order valence-corrected chi connectivity index (χ2v) is 8.60. The summed E-state index contributed by atoms with van der Waals surface area (Å²) in [4.78, 5) is 28.3. The van der Waals surface area contributed by atoms with Crippen molar-refractivity contribution in [1.29, 1.82) is 0 Å². The van der Waals surface area contributed by atoms with Crippen LogP contribution in [0, 0.1) is 6.92 Å². The van der Waals surface area contributed by atoms with Gasteiger partial charge in [-0.15, -0.1) is 0 Å². The van der Waals surface area contributed by atoms with Gasteiger partial charge in [-0.2, -0.15) is 5.10 Å². The molecule has 4 aromatic rings. The summed E-state index contributed by atoms with van der Waals surface area (Å²) in [6.07, 6.45) is 5.40. The lowest BCUT2D eigenvalue weighted by Crippen LogP contribution is -2.41. The number of para-hydroxylation sites is 1. The first-order valence-corrected chi connectivity index (χ1v) is 11.0. The summed E-state index contributed by atoms with van der Waals surface area (Å²) in [5.74, 6) is -0.0490. The summed E-state index contributed by atoms with van der Waals surface area (Å²) >= 11 is 0. The number of carbonyl (C=O) groups is 1. The van der Waals surface area contributed by atoms with Crippen LogP contribution in [-0.2, 0) is 7.05 Å². The standard InChI is InChI=1S/C26H26N4O2/c1-17-8-3-4-10-19(17)21-14-27-28-24(21)18-9-7-13-30(15-18)26(32)22-16-29(2)23-12-6-5-11-20(23)25(22)31/h3-6,8,10-12,14,16,18H,7,9,13,15H2,1-2H3,(H,27,28)/t18-/m1/s1. The number of H-pyrrole nitrogens is 1. The number of nitrogens with one attached hydrogen (secondary N) is 1. The fourth-order valence-electron chi connectivity index (χ4n) is 4.86. The largest absolute Gasteiger partial charge is 0.350 e. The van der Waals surface area contributed by atoms with Gasteiger partial charge in [-0.25, -0.2) is 0 Å².